The van der Waals surface area contributed by atoms with Gasteiger partial charge in [-0.1, -0.05) is 6.07 Å². The van der Waals surface area contributed by atoms with E-state index in [0.717, 1.165) is 25.0 Å². The second-order valence-electron chi connectivity index (χ2n) is 9.12. The zero-order valence-electron chi connectivity index (χ0n) is 22.1. The van der Waals surface area contributed by atoms with Crippen LogP contribution in [0.15, 0.2) is 36.0 Å². The molecular formula is C23H27F9N4O6S. The summed E-state index contributed by atoms with van der Waals surface area (Å²) < 4.78 is 97.3. The summed E-state index contributed by atoms with van der Waals surface area (Å²) in [6.07, 6.45) is -8.67. The molecule has 0 aromatic carbocycles. The molecule has 0 spiro atoms. The summed E-state index contributed by atoms with van der Waals surface area (Å²) in [7, 11) is 2.31. The Kier molecular flexibility index (Phi) is 13.9. The second-order valence-corrected chi connectivity index (χ2v) is 10.2. The monoisotopic (exact) mass is 658 g/mol. The number of likely N-dealkylation sites (N-methyl/N-ethyl adjacent to an activating group) is 1. The number of alkyl halides is 9. The number of aliphatic carboxylic acids is 3. The number of carboxylic acid groups (broad SMARTS) is 3. The number of nitrogens with zero attached hydrogens (tertiary/aromatic N) is 4. The Morgan fingerprint density at radius 3 is 1.84 bits per heavy atom. The molecule has 0 bridgehead atoms. The third-order valence-corrected chi connectivity index (χ3v) is 6.96. The van der Waals surface area contributed by atoms with Crippen molar-refractivity contribution < 1.29 is 69.2 Å². The van der Waals surface area contributed by atoms with Crippen LogP contribution < -0.4 is 0 Å². The standard InChI is InChI=1S/C17H24N4S.3C2HF3O2/c1-19-15(12-21-7-3-6-18-21)10-14-11-20(8-5-17(14)19)13-16-4-2-9-22-16;3*3-2(4,5)1(6)7/h2-4,6-7,9,14-15,17H,5,8,10-13H2,1H3;3*(H,6,7)/t14-,15+,17+;;;/m1.../s1. The van der Waals surface area contributed by atoms with Crippen molar-refractivity contribution in [3.05, 3.63) is 40.8 Å². The van der Waals surface area contributed by atoms with Gasteiger partial charge in [-0.25, -0.2) is 14.4 Å². The van der Waals surface area contributed by atoms with Crippen LogP contribution in [-0.4, -0.2) is 104 Å². The molecule has 2 aromatic rings. The smallest absolute Gasteiger partial charge is 0.475 e. The number of hydrogen-bond acceptors (Lipinski definition) is 7. The van der Waals surface area contributed by atoms with Gasteiger partial charge in [-0.15, -0.1) is 11.3 Å². The number of thiophene rings is 1. The molecule has 20 heteroatoms. The predicted molar refractivity (Wildman–Crippen MR) is 131 cm³/mol. The van der Waals surface area contributed by atoms with Crippen LogP contribution in [0.4, 0.5) is 39.5 Å². The van der Waals surface area contributed by atoms with E-state index in [1.165, 1.54) is 30.8 Å². The number of fused-ring (bicyclic) bond motifs is 1. The van der Waals surface area contributed by atoms with Gasteiger partial charge in [0.05, 0.1) is 6.54 Å². The van der Waals surface area contributed by atoms with Gasteiger partial charge in [0.2, 0.25) is 0 Å². The van der Waals surface area contributed by atoms with Crippen LogP contribution >= 0.6 is 11.3 Å². The lowest BCUT2D eigenvalue weighted by atomic mass is 9.92. The van der Waals surface area contributed by atoms with E-state index in [1.54, 1.807) is 0 Å². The van der Waals surface area contributed by atoms with Crippen molar-refractivity contribution in [1.82, 2.24) is 19.6 Å². The zero-order valence-corrected chi connectivity index (χ0v) is 22.9. The lowest BCUT2D eigenvalue weighted by molar-refractivity contribution is -0.193. The van der Waals surface area contributed by atoms with Crippen LogP contribution in [0.25, 0.3) is 0 Å². The summed E-state index contributed by atoms with van der Waals surface area (Å²) in [6, 6.07) is 7.84. The zero-order chi connectivity index (χ0) is 33.2. The quantitative estimate of drug-likeness (QED) is 0.408. The Labute approximate surface area is 241 Å². The minimum absolute atomic E-state index is 0.636. The van der Waals surface area contributed by atoms with Crippen LogP contribution in [-0.2, 0) is 27.5 Å². The lowest BCUT2D eigenvalue weighted by Crippen LogP contribution is -2.45. The van der Waals surface area contributed by atoms with E-state index in [1.807, 2.05) is 23.6 Å². The van der Waals surface area contributed by atoms with Gasteiger partial charge in [0, 0.05) is 49.0 Å². The maximum absolute atomic E-state index is 10.6. The molecule has 43 heavy (non-hydrogen) atoms. The third kappa shape index (κ3) is 13.6. The van der Waals surface area contributed by atoms with Crippen molar-refractivity contribution in [2.45, 2.75) is 56.5 Å². The Morgan fingerprint density at radius 2 is 1.44 bits per heavy atom. The Bertz CT molecular complexity index is 1080. The van der Waals surface area contributed by atoms with Gasteiger partial charge in [-0.2, -0.15) is 44.6 Å². The summed E-state index contributed by atoms with van der Waals surface area (Å²) in [5, 5.41) is 27.9. The molecule has 3 N–H and O–H groups in total. The first-order valence-electron chi connectivity index (χ1n) is 12.0. The summed E-state index contributed by atoms with van der Waals surface area (Å²) in [6.45, 7) is 4.65. The summed E-state index contributed by atoms with van der Waals surface area (Å²) in [5.41, 5.74) is 0. The van der Waals surface area contributed by atoms with Gasteiger partial charge in [0.15, 0.2) is 0 Å². The van der Waals surface area contributed by atoms with Gasteiger partial charge in [-0.3, -0.25) is 14.5 Å². The van der Waals surface area contributed by atoms with Crippen LogP contribution in [0.3, 0.4) is 0 Å². The summed E-state index contributed by atoms with van der Waals surface area (Å²) >= 11 is 1.88. The number of carboxylic acids is 3. The molecule has 0 amide bonds. The van der Waals surface area contributed by atoms with Crippen molar-refractivity contribution in [2.75, 3.05) is 20.1 Å². The average molecular weight is 659 g/mol. The van der Waals surface area contributed by atoms with Crippen molar-refractivity contribution in [2.24, 2.45) is 5.92 Å². The molecule has 0 saturated carbocycles. The van der Waals surface area contributed by atoms with Crippen molar-refractivity contribution >= 4 is 29.2 Å². The van der Waals surface area contributed by atoms with E-state index in [9.17, 15) is 39.5 Å². The van der Waals surface area contributed by atoms with E-state index in [0.29, 0.717) is 6.04 Å². The molecule has 2 aliphatic heterocycles. The summed E-state index contributed by atoms with van der Waals surface area (Å²) in [5.74, 6) is -7.45. The molecular weight excluding hydrogens is 631 g/mol. The SMILES string of the molecule is CN1[C@H](Cn2cccn2)C[C@@H]2CN(Cc3cccs3)CC[C@@H]21.O=C(O)C(F)(F)F.O=C(O)C(F)(F)F.O=C(O)C(F)(F)F. The molecule has 4 rings (SSSR count). The van der Waals surface area contributed by atoms with E-state index in [2.05, 4.69) is 50.3 Å². The molecule has 2 fully saturated rings. The van der Waals surface area contributed by atoms with Crippen LogP contribution in [0.2, 0.25) is 0 Å². The molecule has 2 aliphatic rings. The molecule has 0 aliphatic carbocycles. The third-order valence-electron chi connectivity index (χ3n) is 6.10. The van der Waals surface area contributed by atoms with E-state index in [4.69, 9.17) is 29.7 Å². The Morgan fingerprint density at radius 1 is 0.930 bits per heavy atom. The number of aromatic nitrogens is 2. The van der Waals surface area contributed by atoms with Crippen molar-refractivity contribution in [1.29, 1.82) is 0 Å². The number of likely N-dealkylation sites (tertiary alicyclic amines) is 2. The minimum atomic E-state index is -5.08. The first-order chi connectivity index (χ1) is 19.6. The van der Waals surface area contributed by atoms with Crippen LogP contribution in [0, 0.1) is 5.92 Å². The number of carbonyl (C=O) groups is 3. The van der Waals surface area contributed by atoms with Gasteiger partial charge in [0.25, 0.3) is 0 Å². The van der Waals surface area contributed by atoms with Gasteiger partial charge < -0.3 is 15.3 Å². The second kappa shape index (κ2) is 15.9. The molecule has 4 heterocycles. The molecule has 2 saturated heterocycles. The van der Waals surface area contributed by atoms with E-state index >= 15 is 0 Å². The topological polar surface area (TPSA) is 136 Å². The van der Waals surface area contributed by atoms with Crippen molar-refractivity contribution in [3.8, 4) is 0 Å². The maximum Gasteiger partial charge on any atom is 0.490 e. The van der Waals surface area contributed by atoms with E-state index < -0.39 is 36.4 Å². The number of rotatable bonds is 4. The van der Waals surface area contributed by atoms with Gasteiger partial charge >= 0.3 is 36.4 Å². The highest BCUT2D eigenvalue weighted by Crippen LogP contribution is 2.35. The maximum atomic E-state index is 10.6. The fourth-order valence-corrected chi connectivity index (χ4v) is 4.99. The first kappa shape index (κ1) is 37.6. The normalized spacial score (nSPS) is 20.7. The van der Waals surface area contributed by atoms with Gasteiger partial charge in [-0.05, 0) is 43.3 Å². The van der Waals surface area contributed by atoms with Crippen LogP contribution in [0.5, 0.6) is 0 Å². The highest BCUT2D eigenvalue weighted by Gasteiger charge is 2.42. The summed E-state index contributed by atoms with van der Waals surface area (Å²) in [4.78, 5) is 33.5. The Balaban J connectivity index is 0.000000363. The van der Waals surface area contributed by atoms with Crippen LogP contribution in [0.1, 0.15) is 17.7 Å². The minimum Gasteiger partial charge on any atom is -0.475 e. The number of halogens is 9. The highest BCUT2D eigenvalue weighted by atomic mass is 32.1. The first-order valence-corrected chi connectivity index (χ1v) is 12.8. The van der Waals surface area contributed by atoms with E-state index in [-0.39, 0.29) is 0 Å². The fourth-order valence-electron chi connectivity index (χ4n) is 4.24. The average Bonchev–Trinajstić information content (AvgIpc) is 3.62. The predicted octanol–water partition coefficient (Wildman–Crippen LogP) is 4.44. The fraction of sp³-hybridized carbons (Fsp3) is 0.565. The molecule has 2 aromatic heterocycles. The molecule has 0 unspecified atom stereocenters. The molecule has 244 valence electrons. The number of hydrogen-bond donors (Lipinski definition) is 3. The molecule has 3 atom stereocenters. The van der Waals surface area contributed by atoms with Crippen molar-refractivity contribution in [3.63, 3.8) is 0 Å². The lowest BCUT2D eigenvalue weighted by Gasteiger charge is -2.37. The molecule has 10 nitrogen and oxygen atoms in total. The highest BCUT2D eigenvalue weighted by molar-refractivity contribution is 7.09. The molecule has 0 radical (unpaired) electrons. The largest absolute Gasteiger partial charge is 0.490 e. The number of piperidine rings is 1. The Hall–Kier alpha value is -3.39. The van der Waals surface area contributed by atoms with Gasteiger partial charge in [0.1, 0.15) is 0 Å².